The highest BCUT2D eigenvalue weighted by Gasteiger charge is 2.25. The van der Waals surface area contributed by atoms with E-state index in [1.165, 1.54) is 17.5 Å². The number of ether oxygens (including phenoxy) is 1. The quantitative estimate of drug-likeness (QED) is 0.802. The van der Waals surface area contributed by atoms with Gasteiger partial charge in [-0.25, -0.2) is 4.39 Å². The summed E-state index contributed by atoms with van der Waals surface area (Å²) in [6.07, 6.45) is 2.34. The van der Waals surface area contributed by atoms with Crippen LogP contribution in [0.25, 0.3) is 0 Å². The lowest BCUT2D eigenvalue weighted by Crippen LogP contribution is -2.22. The van der Waals surface area contributed by atoms with E-state index in [2.05, 4.69) is 17.0 Å². The number of nitrogens with zero attached hydrogens (tertiary/aromatic N) is 1. The Kier molecular flexibility index (Phi) is 4.74. The molecule has 0 radical (unpaired) electrons. The molecule has 1 heterocycles. The number of hydrogen-bond acceptors (Lipinski definition) is 2. The van der Waals surface area contributed by atoms with Crippen molar-refractivity contribution in [2.24, 2.45) is 0 Å². The first-order valence-corrected chi connectivity index (χ1v) is 7.97. The molecule has 1 atom stereocenters. The van der Waals surface area contributed by atoms with Crippen LogP contribution >= 0.6 is 0 Å². The Morgan fingerprint density at radius 3 is 2.50 bits per heavy atom. The Hall–Kier alpha value is -1.87. The van der Waals surface area contributed by atoms with Gasteiger partial charge >= 0.3 is 0 Å². The van der Waals surface area contributed by atoms with Gasteiger partial charge in [0.15, 0.2) is 0 Å². The molecule has 0 aromatic heterocycles. The van der Waals surface area contributed by atoms with Crippen LogP contribution in [-0.4, -0.2) is 18.1 Å². The molecule has 1 aliphatic rings. The Labute approximate surface area is 131 Å². The van der Waals surface area contributed by atoms with Crippen molar-refractivity contribution >= 4 is 0 Å². The van der Waals surface area contributed by atoms with Gasteiger partial charge in [0, 0.05) is 12.6 Å². The maximum Gasteiger partial charge on any atom is 0.123 e. The van der Waals surface area contributed by atoms with Crippen LogP contribution < -0.4 is 4.74 Å². The third kappa shape index (κ3) is 3.47. The van der Waals surface area contributed by atoms with Crippen molar-refractivity contribution in [1.82, 2.24) is 4.90 Å². The van der Waals surface area contributed by atoms with E-state index in [1.807, 2.05) is 31.2 Å². The third-order valence-electron chi connectivity index (χ3n) is 4.24. The summed E-state index contributed by atoms with van der Waals surface area (Å²) in [5, 5.41) is 0. The summed E-state index contributed by atoms with van der Waals surface area (Å²) in [6, 6.07) is 15.7. The van der Waals surface area contributed by atoms with Gasteiger partial charge < -0.3 is 4.74 Å². The van der Waals surface area contributed by atoms with Crippen molar-refractivity contribution in [2.75, 3.05) is 13.2 Å². The summed E-state index contributed by atoms with van der Waals surface area (Å²) < 4.78 is 18.6. The first-order chi connectivity index (χ1) is 10.8. The summed E-state index contributed by atoms with van der Waals surface area (Å²) in [6.45, 7) is 4.70. The molecule has 1 saturated heterocycles. The van der Waals surface area contributed by atoms with Crippen LogP contribution in [0.3, 0.4) is 0 Å². The molecule has 1 fully saturated rings. The predicted octanol–water partition coefficient (Wildman–Crippen LogP) is 4.56. The van der Waals surface area contributed by atoms with Gasteiger partial charge in [-0.3, -0.25) is 4.90 Å². The summed E-state index contributed by atoms with van der Waals surface area (Å²) in [5.74, 6) is 0.752. The van der Waals surface area contributed by atoms with Gasteiger partial charge in [-0.1, -0.05) is 24.3 Å². The van der Waals surface area contributed by atoms with Gasteiger partial charge in [0.1, 0.15) is 11.6 Å². The van der Waals surface area contributed by atoms with E-state index in [4.69, 9.17) is 4.74 Å². The molecule has 0 amide bonds. The van der Waals surface area contributed by atoms with Gasteiger partial charge in [0.25, 0.3) is 0 Å². The first-order valence-electron chi connectivity index (χ1n) is 7.97. The zero-order valence-electron chi connectivity index (χ0n) is 13.0. The van der Waals surface area contributed by atoms with Crippen LogP contribution in [0, 0.1) is 5.82 Å². The van der Waals surface area contributed by atoms with Gasteiger partial charge in [0.2, 0.25) is 0 Å². The van der Waals surface area contributed by atoms with Crippen LogP contribution in [-0.2, 0) is 6.54 Å². The number of halogens is 1. The van der Waals surface area contributed by atoms with Crippen LogP contribution in [0.2, 0.25) is 0 Å². The molecule has 116 valence electrons. The highest BCUT2D eigenvalue weighted by Crippen LogP contribution is 2.33. The lowest BCUT2D eigenvalue weighted by Gasteiger charge is -2.25. The highest BCUT2D eigenvalue weighted by molar-refractivity contribution is 5.28. The molecule has 0 saturated carbocycles. The van der Waals surface area contributed by atoms with E-state index < -0.39 is 0 Å². The minimum atomic E-state index is -0.167. The molecule has 2 nitrogen and oxygen atoms in total. The number of rotatable bonds is 5. The van der Waals surface area contributed by atoms with Crippen molar-refractivity contribution in [1.29, 1.82) is 0 Å². The van der Waals surface area contributed by atoms with Crippen LogP contribution in [0.5, 0.6) is 5.75 Å². The maximum absolute atomic E-state index is 13.1. The normalized spacial score (nSPS) is 18.5. The Morgan fingerprint density at radius 1 is 1.09 bits per heavy atom. The van der Waals surface area contributed by atoms with Gasteiger partial charge in [-0.05, 0) is 61.7 Å². The standard InChI is InChI=1S/C19H22FNO/c1-2-22-18-11-5-15(6-12-18)14-21-13-3-4-19(21)16-7-9-17(20)10-8-16/h5-12,19H,2-4,13-14H2,1H3/t19-/m0/s1. The molecule has 0 aliphatic carbocycles. The molecule has 3 heteroatoms. The number of hydrogen-bond donors (Lipinski definition) is 0. The second kappa shape index (κ2) is 6.93. The van der Waals surface area contributed by atoms with Crippen molar-refractivity contribution in [2.45, 2.75) is 32.4 Å². The largest absolute Gasteiger partial charge is 0.494 e. The smallest absolute Gasteiger partial charge is 0.123 e. The molecule has 2 aromatic carbocycles. The average molecular weight is 299 g/mol. The molecule has 1 aliphatic heterocycles. The van der Waals surface area contributed by atoms with E-state index in [9.17, 15) is 4.39 Å². The van der Waals surface area contributed by atoms with E-state index in [-0.39, 0.29) is 5.82 Å². The number of benzene rings is 2. The molecule has 0 N–H and O–H groups in total. The monoisotopic (exact) mass is 299 g/mol. The second-order valence-corrected chi connectivity index (χ2v) is 5.76. The fraction of sp³-hybridized carbons (Fsp3) is 0.368. The molecule has 3 rings (SSSR count). The minimum Gasteiger partial charge on any atom is -0.494 e. The van der Waals surface area contributed by atoms with Crippen LogP contribution in [0.4, 0.5) is 4.39 Å². The molecular formula is C19H22FNO. The molecular weight excluding hydrogens is 277 g/mol. The third-order valence-corrected chi connectivity index (χ3v) is 4.24. The van der Waals surface area contributed by atoms with Crippen molar-refractivity contribution in [3.8, 4) is 5.75 Å². The lowest BCUT2D eigenvalue weighted by atomic mass is 10.0. The topological polar surface area (TPSA) is 12.5 Å². The van der Waals surface area contributed by atoms with E-state index in [0.717, 1.165) is 25.3 Å². The minimum absolute atomic E-state index is 0.167. The Morgan fingerprint density at radius 2 is 1.82 bits per heavy atom. The molecule has 0 unspecified atom stereocenters. The lowest BCUT2D eigenvalue weighted by molar-refractivity contribution is 0.248. The van der Waals surface area contributed by atoms with Gasteiger partial charge in [-0.15, -0.1) is 0 Å². The van der Waals surface area contributed by atoms with E-state index in [1.54, 1.807) is 12.1 Å². The van der Waals surface area contributed by atoms with Gasteiger partial charge in [0.05, 0.1) is 6.61 Å². The van der Waals surface area contributed by atoms with E-state index in [0.29, 0.717) is 12.6 Å². The fourth-order valence-electron chi connectivity index (χ4n) is 3.17. The number of likely N-dealkylation sites (tertiary alicyclic amines) is 1. The van der Waals surface area contributed by atoms with E-state index >= 15 is 0 Å². The molecule has 0 spiro atoms. The maximum atomic E-state index is 13.1. The van der Waals surface area contributed by atoms with Crippen molar-refractivity contribution in [3.63, 3.8) is 0 Å². The van der Waals surface area contributed by atoms with Crippen molar-refractivity contribution < 1.29 is 9.13 Å². The Bertz CT molecular complexity index is 594. The Balaban J connectivity index is 1.69. The first kappa shape index (κ1) is 15.0. The summed E-state index contributed by atoms with van der Waals surface area (Å²) >= 11 is 0. The van der Waals surface area contributed by atoms with Crippen molar-refractivity contribution in [3.05, 3.63) is 65.5 Å². The summed E-state index contributed by atoms with van der Waals surface area (Å²) in [5.41, 5.74) is 2.50. The van der Waals surface area contributed by atoms with Gasteiger partial charge in [-0.2, -0.15) is 0 Å². The van der Waals surface area contributed by atoms with Crippen LogP contribution in [0.1, 0.15) is 36.9 Å². The highest BCUT2D eigenvalue weighted by atomic mass is 19.1. The van der Waals surface area contributed by atoms with Crippen LogP contribution in [0.15, 0.2) is 48.5 Å². The average Bonchev–Trinajstić information content (AvgIpc) is 2.98. The summed E-state index contributed by atoms with van der Waals surface area (Å²) in [4.78, 5) is 2.48. The summed E-state index contributed by atoms with van der Waals surface area (Å²) in [7, 11) is 0. The molecule has 2 aromatic rings. The predicted molar refractivity (Wildman–Crippen MR) is 86.4 cm³/mol. The zero-order valence-corrected chi connectivity index (χ0v) is 13.0. The molecule has 22 heavy (non-hydrogen) atoms. The zero-order chi connectivity index (χ0) is 15.4. The molecule has 0 bridgehead atoms. The fourth-order valence-corrected chi connectivity index (χ4v) is 3.17. The second-order valence-electron chi connectivity index (χ2n) is 5.76. The SMILES string of the molecule is CCOc1ccc(CN2CCC[C@H]2c2ccc(F)cc2)cc1.